The molecule has 0 N–H and O–H groups in total. The highest BCUT2D eigenvalue weighted by Gasteiger charge is 2.14. The second kappa shape index (κ2) is 5.76. The van der Waals surface area contributed by atoms with Gasteiger partial charge in [0.15, 0.2) is 0 Å². The highest BCUT2D eigenvalue weighted by atomic mass is 35.5. The van der Waals surface area contributed by atoms with Crippen LogP contribution >= 0.6 is 23.2 Å². The zero-order chi connectivity index (χ0) is 14.0. The fraction of sp³-hybridized carbons (Fsp3) is 0.143. The Morgan fingerprint density at radius 2 is 1.74 bits per heavy atom. The van der Waals surface area contributed by atoms with Crippen molar-refractivity contribution in [2.45, 2.75) is 6.43 Å². The van der Waals surface area contributed by atoms with Crippen LogP contribution in [0.25, 0.3) is 11.1 Å². The summed E-state index contributed by atoms with van der Waals surface area (Å²) in [6.45, 7) is 0. The van der Waals surface area contributed by atoms with Gasteiger partial charge in [-0.3, -0.25) is 0 Å². The SMILES string of the molecule is COc1ccc(C(F)F)cc1-c1cc(Cl)ccc1Cl. The summed E-state index contributed by atoms with van der Waals surface area (Å²) in [5, 5.41) is 0.901. The van der Waals surface area contributed by atoms with E-state index < -0.39 is 6.43 Å². The van der Waals surface area contributed by atoms with Crippen LogP contribution in [0.3, 0.4) is 0 Å². The number of halogens is 4. The lowest BCUT2D eigenvalue weighted by Crippen LogP contribution is -1.92. The molecule has 0 saturated heterocycles. The number of hydrogen-bond acceptors (Lipinski definition) is 1. The zero-order valence-corrected chi connectivity index (χ0v) is 11.5. The summed E-state index contributed by atoms with van der Waals surface area (Å²) in [4.78, 5) is 0. The molecule has 0 amide bonds. The summed E-state index contributed by atoms with van der Waals surface area (Å²) in [6, 6.07) is 9.06. The van der Waals surface area contributed by atoms with E-state index in [9.17, 15) is 8.78 Å². The molecule has 100 valence electrons. The van der Waals surface area contributed by atoms with Crippen LogP contribution in [0.1, 0.15) is 12.0 Å². The minimum atomic E-state index is -2.55. The van der Waals surface area contributed by atoms with Gasteiger partial charge in [0.2, 0.25) is 0 Å². The fourth-order valence-corrected chi connectivity index (χ4v) is 2.17. The second-order valence-corrected chi connectivity index (χ2v) is 4.73. The van der Waals surface area contributed by atoms with Crippen LogP contribution in [0.15, 0.2) is 36.4 Å². The van der Waals surface area contributed by atoms with Crippen LogP contribution in [0.4, 0.5) is 8.78 Å². The van der Waals surface area contributed by atoms with Crippen molar-refractivity contribution in [2.24, 2.45) is 0 Å². The molecule has 2 aromatic carbocycles. The van der Waals surface area contributed by atoms with Crippen LogP contribution in [0, 0.1) is 0 Å². The number of ether oxygens (including phenoxy) is 1. The molecule has 0 unspecified atom stereocenters. The minimum Gasteiger partial charge on any atom is -0.496 e. The van der Waals surface area contributed by atoms with Gasteiger partial charge in [-0.1, -0.05) is 23.2 Å². The van der Waals surface area contributed by atoms with Gasteiger partial charge >= 0.3 is 0 Å². The fourth-order valence-electron chi connectivity index (χ4n) is 1.78. The first-order chi connectivity index (χ1) is 9.02. The Bertz CT molecular complexity index is 600. The van der Waals surface area contributed by atoms with Crippen LogP contribution in [-0.4, -0.2) is 7.11 Å². The minimum absolute atomic E-state index is 0.0909. The van der Waals surface area contributed by atoms with Gasteiger partial charge in [-0.15, -0.1) is 0 Å². The molecule has 0 aliphatic carbocycles. The van der Waals surface area contributed by atoms with Crippen molar-refractivity contribution in [3.05, 3.63) is 52.0 Å². The lowest BCUT2D eigenvalue weighted by atomic mass is 10.0. The molecule has 19 heavy (non-hydrogen) atoms. The molecule has 0 spiro atoms. The van der Waals surface area contributed by atoms with Crippen LogP contribution in [0.2, 0.25) is 10.0 Å². The maximum Gasteiger partial charge on any atom is 0.263 e. The number of hydrogen-bond donors (Lipinski definition) is 0. The first kappa shape index (κ1) is 14.1. The van der Waals surface area contributed by atoms with E-state index in [0.717, 1.165) is 0 Å². The predicted molar refractivity (Wildman–Crippen MR) is 73.4 cm³/mol. The highest BCUT2D eigenvalue weighted by Crippen LogP contribution is 2.38. The van der Waals surface area contributed by atoms with Gasteiger partial charge in [0.1, 0.15) is 5.75 Å². The Hall–Kier alpha value is -1.32. The summed E-state index contributed by atoms with van der Waals surface area (Å²) in [7, 11) is 1.47. The Labute approximate surface area is 119 Å². The van der Waals surface area contributed by atoms with Crippen LogP contribution in [-0.2, 0) is 0 Å². The molecule has 0 heterocycles. The van der Waals surface area contributed by atoms with Gasteiger partial charge in [-0.2, -0.15) is 0 Å². The van der Waals surface area contributed by atoms with Gasteiger partial charge in [-0.25, -0.2) is 8.78 Å². The van der Waals surface area contributed by atoms with E-state index in [-0.39, 0.29) is 5.56 Å². The van der Waals surface area contributed by atoms with E-state index >= 15 is 0 Å². The van der Waals surface area contributed by atoms with E-state index in [1.165, 1.54) is 25.3 Å². The van der Waals surface area contributed by atoms with E-state index in [0.29, 0.717) is 26.9 Å². The van der Waals surface area contributed by atoms with Gasteiger partial charge in [-0.05, 0) is 36.4 Å². The van der Waals surface area contributed by atoms with Crippen molar-refractivity contribution < 1.29 is 13.5 Å². The Balaban J connectivity index is 2.64. The molecule has 0 aromatic heterocycles. The molecule has 0 aliphatic rings. The number of benzene rings is 2. The number of methoxy groups -OCH3 is 1. The quantitative estimate of drug-likeness (QED) is 0.716. The van der Waals surface area contributed by atoms with Crippen molar-refractivity contribution in [3.63, 3.8) is 0 Å². The first-order valence-electron chi connectivity index (χ1n) is 5.44. The number of alkyl halides is 2. The number of rotatable bonds is 3. The maximum absolute atomic E-state index is 12.8. The third-order valence-corrected chi connectivity index (χ3v) is 3.26. The molecule has 0 atom stereocenters. The summed E-state index contributed by atoms with van der Waals surface area (Å²) in [5.41, 5.74) is 0.966. The standard InChI is InChI=1S/C14H10Cl2F2O/c1-19-13-5-2-8(14(17)18)6-11(13)10-7-9(15)3-4-12(10)16/h2-7,14H,1H3. The molecular weight excluding hydrogens is 293 g/mol. The van der Waals surface area contributed by atoms with E-state index in [1.54, 1.807) is 18.2 Å². The van der Waals surface area contributed by atoms with E-state index in [1.807, 2.05) is 0 Å². The van der Waals surface area contributed by atoms with Crippen molar-refractivity contribution in [2.75, 3.05) is 7.11 Å². The van der Waals surface area contributed by atoms with Crippen molar-refractivity contribution in [3.8, 4) is 16.9 Å². The normalized spacial score (nSPS) is 10.8. The average molecular weight is 303 g/mol. The Morgan fingerprint density at radius 3 is 2.37 bits per heavy atom. The third-order valence-electron chi connectivity index (χ3n) is 2.69. The zero-order valence-electron chi connectivity index (χ0n) is 9.96. The lowest BCUT2D eigenvalue weighted by molar-refractivity contribution is 0.151. The molecule has 2 aromatic rings. The Morgan fingerprint density at radius 1 is 1.00 bits per heavy atom. The lowest BCUT2D eigenvalue weighted by Gasteiger charge is -2.12. The van der Waals surface area contributed by atoms with Crippen molar-refractivity contribution in [1.29, 1.82) is 0 Å². The summed E-state index contributed by atoms with van der Waals surface area (Å²) in [5.74, 6) is 0.466. The molecule has 1 nitrogen and oxygen atoms in total. The highest BCUT2D eigenvalue weighted by molar-refractivity contribution is 6.35. The smallest absolute Gasteiger partial charge is 0.263 e. The van der Waals surface area contributed by atoms with Crippen LogP contribution in [0.5, 0.6) is 5.75 Å². The van der Waals surface area contributed by atoms with Gasteiger partial charge in [0.05, 0.1) is 7.11 Å². The molecule has 0 radical (unpaired) electrons. The summed E-state index contributed by atoms with van der Waals surface area (Å²) in [6.07, 6.45) is -2.55. The summed E-state index contributed by atoms with van der Waals surface area (Å²) < 4.78 is 30.7. The largest absolute Gasteiger partial charge is 0.496 e. The van der Waals surface area contributed by atoms with Crippen molar-refractivity contribution >= 4 is 23.2 Å². The molecule has 0 saturated carbocycles. The molecular formula is C14H10Cl2F2O. The second-order valence-electron chi connectivity index (χ2n) is 3.88. The maximum atomic E-state index is 12.8. The summed E-state index contributed by atoms with van der Waals surface area (Å²) >= 11 is 12.0. The van der Waals surface area contributed by atoms with Crippen molar-refractivity contribution in [1.82, 2.24) is 0 Å². The van der Waals surface area contributed by atoms with E-state index in [2.05, 4.69) is 0 Å². The topological polar surface area (TPSA) is 9.23 Å². The average Bonchev–Trinajstić information content (AvgIpc) is 2.40. The Kier molecular flexibility index (Phi) is 4.27. The van der Waals surface area contributed by atoms with Crippen LogP contribution < -0.4 is 4.74 Å². The molecule has 2 rings (SSSR count). The first-order valence-corrected chi connectivity index (χ1v) is 6.20. The molecule has 0 fully saturated rings. The molecule has 0 aliphatic heterocycles. The molecule has 0 bridgehead atoms. The van der Waals surface area contributed by atoms with Gasteiger partial charge < -0.3 is 4.74 Å². The monoisotopic (exact) mass is 302 g/mol. The third kappa shape index (κ3) is 2.99. The van der Waals surface area contributed by atoms with E-state index in [4.69, 9.17) is 27.9 Å². The predicted octanol–water partition coefficient (Wildman–Crippen LogP) is 5.61. The van der Waals surface area contributed by atoms with Gasteiger partial charge in [0, 0.05) is 26.7 Å². The molecule has 5 heteroatoms. The van der Waals surface area contributed by atoms with Gasteiger partial charge in [0.25, 0.3) is 6.43 Å².